The SMILES string of the molecule is [CH2]C1C/C=C\CCCCCCC1. The number of hydrogen-bond acceptors (Lipinski definition) is 0. The van der Waals surface area contributed by atoms with Crippen molar-refractivity contribution < 1.29 is 0 Å². The topological polar surface area (TPSA) is 0 Å². The van der Waals surface area contributed by atoms with E-state index in [9.17, 15) is 0 Å². The lowest BCUT2D eigenvalue weighted by atomic mass is 10.00. The minimum atomic E-state index is 0.666. The molecule has 0 heterocycles. The highest BCUT2D eigenvalue weighted by Gasteiger charge is 2.00. The third-order valence-electron chi connectivity index (χ3n) is 2.62. The molecule has 0 heteroatoms. The second-order valence-electron chi connectivity index (χ2n) is 3.92. The van der Waals surface area contributed by atoms with Crippen LogP contribution in [0.15, 0.2) is 12.2 Å². The van der Waals surface area contributed by atoms with Gasteiger partial charge in [0.25, 0.3) is 0 Å². The zero-order valence-corrected chi connectivity index (χ0v) is 8.10. The molecule has 0 aromatic rings. The van der Waals surface area contributed by atoms with E-state index in [1.54, 1.807) is 0 Å². The summed E-state index contributed by atoms with van der Waals surface area (Å²) in [5.41, 5.74) is 0. The van der Waals surface area contributed by atoms with Gasteiger partial charge in [-0.05, 0) is 32.1 Å². The van der Waals surface area contributed by atoms with E-state index in [-0.39, 0.29) is 0 Å². The average Bonchev–Trinajstić information content (AvgIpc) is 2.11. The van der Waals surface area contributed by atoms with Crippen molar-refractivity contribution >= 4 is 0 Å². The van der Waals surface area contributed by atoms with Gasteiger partial charge in [-0.15, -0.1) is 0 Å². The van der Waals surface area contributed by atoms with Crippen molar-refractivity contribution in [1.29, 1.82) is 0 Å². The van der Waals surface area contributed by atoms with Crippen LogP contribution in [0.2, 0.25) is 0 Å². The summed E-state index contributed by atoms with van der Waals surface area (Å²) in [6, 6.07) is 0. The fourth-order valence-corrected chi connectivity index (χ4v) is 1.75. The van der Waals surface area contributed by atoms with Crippen LogP contribution in [0, 0.1) is 12.8 Å². The summed E-state index contributed by atoms with van der Waals surface area (Å²) in [6.07, 6.45) is 15.5. The fraction of sp³-hybridized carbons (Fsp3) is 0.750. The molecule has 69 valence electrons. The smallest absolute Gasteiger partial charge is 0.0322 e. The largest absolute Gasteiger partial charge is 0.0885 e. The first-order chi connectivity index (χ1) is 5.89. The molecule has 1 atom stereocenters. The monoisotopic (exact) mass is 165 g/mol. The van der Waals surface area contributed by atoms with Crippen LogP contribution in [0.5, 0.6) is 0 Å². The van der Waals surface area contributed by atoms with Gasteiger partial charge in [-0.2, -0.15) is 0 Å². The van der Waals surface area contributed by atoms with Crippen LogP contribution in [-0.4, -0.2) is 0 Å². The van der Waals surface area contributed by atoms with Gasteiger partial charge in [0.15, 0.2) is 0 Å². The van der Waals surface area contributed by atoms with E-state index < -0.39 is 0 Å². The summed E-state index contributed by atoms with van der Waals surface area (Å²) in [5.74, 6) is 0.666. The summed E-state index contributed by atoms with van der Waals surface area (Å²) in [4.78, 5) is 0. The molecule has 1 unspecified atom stereocenters. The lowest BCUT2D eigenvalue weighted by molar-refractivity contribution is 0.526. The van der Waals surface area contributed by atoms with Crippen LogP contribution >= 0.6 is 0 Å². The maximum atomic E-state index is 4.15. The first kappa shape index (κ1) is 9.83. The Morgan fingerprint density at radius 2 is 1.67 bits per heavy atom. The number of allylic oxidation sites excluding steroid dienone is 2. The molecule has 0 aromatic carbocycles. The first-order valence-electron chi connectivity index (χ1n) is 5.37. The molecule has 12 heavy (non-hydrogen) atoms. The zero-order valence-electron chi connectivity index (χ0n) is 8.10. The Balaban J connectivity index is 2.23. The van der Waals surface area contributed by atoms with Crippen LogP contribution in [-0.2, 0) is 0 Å². The fourth-order valence-electron chi connectivity index (χ4n) is 1.75. The molecule has 0 aromatic heterocycles. The van der Waals surface area contributed by atoms with E-state index in [2.05, 4.69) is 19.1 Å². The van der Waals surface area contributed by atoms with Gasteiger partial charge in [0.2, 0.25) is 0 Å². The van der Waals surface area contributed by atoms with Crippen LogP contribution < -0.4 is 0 Å². The Morgan fingerprint density at radius 1 is 0.917 bits per heavy atom. The molecule has 0 fully saturated rings. The van der Waals surface area contributed by atoms with Crippen molar-refractivity contribution in [1.82, 2.24) is 0 Å². The molecule has 0 spiro atoms. The molecular formula is C12H21. The lowest BCUT2D eigenvalue weighted by Crippen LogP contribution is -1.92. The molecule has 0 amide bonds. The second-order valence-corrected chi connectivity index (χ2v) is 3.92. The molecule has 0 saturated carbocycles. The highest BCUT2D eigenvalue weighted by molar-refractivity contribution is 4.85. The molecule has 1 radical (unpaired) electrons. The van der Waals surface area contributed by atoms with Gasteiger partial charge in [-0.1, -0.05) is 44.3 Å². The Kier molecular flexibility index (Phi) is 5.14. The van der Waals surface area contributed by atoms with Crippen molar-refractivity contribution in [2.75, 3.05) is 0 Å². The molecule has 0 aliphatic heterocycles. The van der Waals surface area contributed by atoms with E-state index in [0.29, 0.717) is 5.92 Å². The standard InChI is InChI=1S/C12H21/c1-12-10-8-6-4-2-3-5-7-9-11-12/h6,8,12H,1-5,7,9-11H2/b8-6-. The molecule has 0 nitrogen and oxygen atoms in total. The predicted molar refractivity (Wildman–Crippen MR) is 54.9 cm³/mol. The van der Waals surface area contributed by atoms with E-state index in [4.69, 9.17) is 0 Å². The van der Waals surface area contributed by atoms with E-state index in [1.807, 2.05) is 0 Å². The second kappa shape index (κ2) is 6.28. The van der Waals surface area contributed by atoms with Crippen molar-refractivity contribution in [2.24, 2.45) is 5.92 Å². The quantitative estimate of drug-likeness (QED) is 0.473. The molecule has 1 aliphatic rings. The minimum Gasteiger partial charge on any atom is -0.0885 e. The maximum Gasteiger partial charge on any atom is -0.0322 e. The normalized spacial score (nSPS) is 30.6. The van der Waals surface area contributed by atoms with Crippen molar-refractivity contribution in [2.45, 2.75) is 51.4 Å². The molecule has 1 rings (SSSR count). The highest BCUT2D eigenvalue weighted by Crippen LogP contribution is 2.16. The van der Waals surface area contributed by atoms with Gasteiger partial charge in [-0.25, -0.2) is 0 Å². The van der Waals surface area contributed by atoms with Gasteiger partial charge in [0.1, 0.15) is 0 Å². The number of rotatable bonds is 0. The number of hydrogen-bond donors (Lipinski definition) is 0. The van der Waals surface area contributed by atoms with Crippen LogP contribution in [0.25, 0.3) is 0 Å². The molecule has 0 saturated heterocycles. The Bertz CT molecular complexity index is 124. The lowest BCUT2D eigenvalue weighted by Gasteiger charge is -2.06. The van der Waals surface area contributed by atoms with E-state index in [0.717, 1.165) is 0 Å². The van der Waals surface area contributed by atoms with Gasteiger partial charge >= 0.3 is 0 Å². The summed E-state index contributed by atoms with van der Waals surface area (Å²) < 4.78 is 0. The van der Waals surface area contributed by atoms with E-state index in [1.165, 1.54) is 51.4 Å². The van der Waals surface area contributed by atoms with Crippen LogP contribution in [0.3, 0.4) is 0 Å². The third kappa shape index (κ3) is 4.58. The predicted octanol–water partition coefficient (Wildman–Crippen LogP) is 4.13. The van der Waals surface area contributed by atoms with Gasteiger partial charge in [0.05, 0.1) is 0 Å². The average molecular weight is 165 g/mol. The Labute approximate surface area is 77.1 Å². The zero-order chi connectivity index (χ0) is 8.65. The molecule has 0 N–H and O–H groups in total. The van der Waals surface area contributed by atoms with Crippen molar-refractivity contribution in [3.8, 4) is 0 Å². The Hall–Kier alpha value is -0.260. The van der Waals surface area contributed by atoms with E-state index >= 15 is 0 Å². The third-order valence-corrected chi connectivity index (χ3v) is 2.62. The summed E-state index contributed by atoms with van der Waals surface area (Å²) >= 11 is 0. The highest BCUT2D eigenvalue weighted by atomic mass is 14.1. The first-order valence-corrected chi connectivity index (χ1v) is 5.37. The van der Waals surface area contributed by atoms with Crippen molar-refractivity contribution in [3.05, 3.63) is 19.1 Å². The summed E-state index contributed by atoms with van der Waals surface area (Å²) in [5, 5.41) is 0. The maximum absolute atomic E-state index is 4.15. The van der Waals surface area contributed by atoms with Crippen LogP contribution in [0.1, 0.15) is 51.4 Å². The van der Waals surface area contributed by atoms with Gasteiger partial charge < -0.3 is 0 Å². The minimum absolute atomic E-state index is 0.666. The van der Waals surface area contributed by atoms with Gasteiger partial charge in [-0.3, -0.25) is 0 Å². The van der Waals surface area contributed by atoms with Crippen molar-refractivity contribution in [3.63, 3.8) is 0 Å². The molecule has 0 bridgehead atoms. The molecular weight excluding hydrogens is 144 g/mol. The summed E-state index contributed by atoms with van der Waals surface area (Å²) in [7, 11) is 0. The van der Waals surface area contributed by atoms with Crippen LogP contribution in [0.4, 0.5) is 0 Å². The molecule has 1 aliphatic carbocycles. The van der Waals surface area contributed by atoms with Gasteiger partial charge in [0, 0.05) is 0 Å². The Morgan fingerprint density at radius 3 is 2.58 bits per heavy atom. The summed E-state index contributed by atoms with van der Waals surface area (Å²) in [6.45, 7) is 4.15.